The molecular weight excluding hydrogens is 489 g/mol. The van der Waals surface area contributed by atoms with Crippen LogP contribution in [0.1, 0.15) is 70.4 Å². The third-order valence-corrected chi connectivity index (χ3v) is 8.07. The lowest BCUT2D eigenvalue weighted by atomic mass is 9.64. The molecule has 5 rings (SSSR count). The van der Waals surface area contributed by atoms with Gasteiger partial charge >= 0.3 is 0 Å². The number of halogens is 2. The fourth-order valence-corrected chi connectivity index (χ4v) is 6.30. The van der Waals surface area contributed by atoms with Gasteiger partial charge < -0.3 is 9.64 Å². The van der Waals surface area contributed by atoms with E-state index in [9.17, 15) is 14.0 Å². The van der Waals surface area contributed by atoms with Gasteiger partial charge in [-0.1, -0.05) is 57.5 Å². The first-order valence-corrected chi connectivity index (χ1v) is 13.2. The molecule has 0 saturated carbocycles. The Morgan fingerprint density at radius 2 is 1.43 bits per heavy atom. The fraction of sp³-hybridized carbons (Fsp3) is 0.419. The number of benzene rings is 2. The van der Waals surface area contributed by atoms with Crippen molar-refractivity contribution in [2.45, 2.75) is 65.9 Å². The number of hydrogen-bond acceptors (Lipinski definition) is 4. The highest BCUT2D eigenvalue weighted by atomic mass is 35.5. The zero-order chi connectivity index (χ0) is 26.7. The Morgan fingerprint density at radius 3 is 1.95 bits per heavy atom. The predicted molar refractivity (Wildman–Crippen MR) is 143 cm³/mol. The van der Waals surface area contributed by atoms with Crippen LogP contribution >= 0.6 is 11.6 Å². The third-order valence-electron chi connectivity index (χ3n) is 7.78. The van der Waals surface area contributed by atoms with Gasteiger partial charge in [0.25, 0.3) is 0 Å². The van der Waals surface area contributed by atoms with Crippen LogP contribution in [-0.2, 0) is 16.2 Å². The maximum atomic E-state index is 13.6. The maximum absolute atomic E-state index is 13.6. The number of Topliss-reactive ketones (excluding diaryl/α,β-unsaturated/α-hetero) is 2. The molecule has 37 heavy (non-hydrogen) atoms. The SMILES string of the molecule is CN1C2=C(C(=O)CC(C)(C)C2)C(c2ccc(OCc3ccc(F)cc3)c(Cl)c2)C2=C1CC(C)(C)CC2=O. The molecule has 1 heterocycles. The molecule has 0 saturated heterocycles. The Labute approximate surface area is 223 Å². The summed E-state index contributed by atoms with van der Waals surface area (Å²) in [5, 5.41) is 0.412. The minimum Gasteiger partial charge on any atom is -0.487 e. The largest absolute Gasteiger partial charge is 0.487 e. The van der Waals surface area contributed by atoms with Crippen LogP contribution in [0.3, 0.4) is 0 Å². The van der Waals surface area contributed by atoms with Crippen molar-refractivity contribution in [3.63, 3.8) is 0 Å². The molecule has 194 valence electrons. The number of nitrogens with zero attached hydrogens (tertiary/aromatic N) is 1. The van der Waals surface area contributed by atoms with Crippen LogP contribution in [0.5, 0.6) is 5.75 Å². The molecule has 0 N–H and O–H groups in total. The van der Waals surface area contributed by atoms with Gasteiger partial charge in [-0.15, -0.1) is 0 Å². The van der Waals surface area contributed by atoms with E-state index in [1.807, 2.05) is 19.2 Å². The van der Waals surface area contributed by atoms with Crippen molar-refractivity contribution in [2.75, 3.05) is 7.05 Å². The molecule has 0 atom stereocenters. The van der Waals surface area contributed by atoms with E-state index in [1.165, 1.54) is 12.1 Å². The molecule has 6 heteroatoms. The molecule has 0 fully saturated rings. The van der Waals surface area contributed by atoms with E-state index in [4.69, 9.17) is 16.3 Å². The summed E-state index contributed by atoms with van der Waals surface area (Å²) < 4.78 is 19.1. The van der Waals surface area contributed by atoms with Crippen LogP contribution < -0.4 is 4.74 Å². The quantitative estimate of drug-likeness (QED) is 0.421. The van der Waals surface area contributed by atoms with E-state index in [2.05, 4.69) is 32.6 Å². The van der Waals surface area contributed by atoms with Crippen LogP contribution in [0, 0.1) is 16.6 Å². The molecule has 0 amide bonds. The van der Waals surface area contributed by atoms with Gasteiger partial charge in [-0.3, -0.25) is 9.59 Å². The summed E-state index contributed by atoms with van der Waals surface area (Å²) >= 11 is 6.69. The summed E-state index contributed by atoms with van der Waals surface area (Å²) in [5.41, 5.74) is 4.86. The zero-order valence-electron chi connectivity index (χ0n) is 22.1. The summed E-state index contributed by atoms with van der Waals surface area (Å²) in [6.45, 7) is 8.76. The average Bonchev–Trinajstić information content (AvgIpc) is 2.79. The lowest BCUT2D eigenvalue weighted by Crippen LogP contribution is -2.43. The third kappa shape index (κ3) is 4.86. The van der Waals surface area contributed by atoms with E-state index in [0.717, 1.165) is 46.5 Å². The second-order valence-electron chi connectivity index (χ2n) is 12.2. The molecule has 2 aliphatic carbocycles. The summed E-state index contributed by atoms with van der Waals surface area (Å²) in [7, 11) is 2.00. The van der Waals surface area contributed by atoms with Crippen molar-refractivity contribution in [3.8, 4) is 5.75 Å². The summed E-state index contributed by atoms with van der Waals surface area (Å²) in [6, 6.07) is 11.7. The van der Waals surface area contributed by atoms with Gasteiger partial charge in [0, 0.05) is 48.3 Å². The van der Waals surface area contributed by atoms with Crippen LogP contribution in [0.15, 0.2) is 65.0 Å². The van der Waals surface area contributed by atoms with Gasteiger partial charge in [-0.05, 0) is 59.1 Å². The molecule has 2 aromatic rings. The van der Waals surface area contributed by atoms with Gasteiger partial charge in [0.1, 0.15) is 18.2 Å². The van der Waals surface area contributed by atoms with Crippen molar-refractivity contribution in [3.05, 3.63) is 87.0 Å². The summed E-state index contributed by atoms with van der Waals surface area (Å²) in [6.07, 6.45) is 2.45. The van der Waals surface area contributed by atoms with Crippen molar-refractivity contribution in [1.29, 1.82) is 0 Å². The molecule has 0 unspecified atom stereocenters. The highest BCUT2D eigenvalue weighted by Gasteiger charge is 2.48. The van der Waals surface area contributed by atoms with Crippen LogP contribution in [-0.4, -0.2) is 23.5 Å². The fourth-order valence-electron chi connectivity index (χ4n) is 6.05. The van der Waals surface area contributed by atoms with Crippen LogP contribution in [0.25, 0.3) is 0 Å². The van der Waals surface area contributed by atoms with E-state index in [0.29, 0.717) is 23.6 Å². The molecule has 0 radical (unpaired) electrons. The highest BCUT2D eigenvalue weighted by Crippen LogP contribution is 2.54. The minimum absolute atomic E-state index is 0.0973. The first kappa shape index (κ1) is 25.7. The summed E-state index contributed by atoms with van der Waals surface area (Å²) in [5.74, 6) is -0.0386. The average molecular weight is 522 g/mol. The van der Waals surface area contributed by atoms with Gasteiger partial charge in [-0.25, -0.2) is 4.39 Å². The first-order chi connectivity index (χ1) is 17.3. The Morgan fingerprint density at radius 1 is 0.892 bits per heavy atom. The highest BCUT2D eigenvalue weighted by molar-refractivity contribution is 6.32. The van der Waals surface area contributed by atoms with Crippen LogP contribution in [0.4, 0.5) is 4.39 Å². The van der Waals surface area contributed by atoms with Crippen LogP contribution in [0.2, 0.25) is 5.02 Å². The van der Waals surface area contributed by atoms with Gasteiger partial charge in [0.05, 0.1) is 5.02 Å². The van der Waals surface area contributed by atoms with E-state index in [-0.39, 0.29) is 34.8 Å². The lowest BCUT2D eigenvalue weighted by Gasteiger charge is -2.47. The standard InChI is InChI=1S/C31H33ClFNO3/c1-30(2)13-22-28(24(35)15-30)27(29-23(34(22)5)14-31(3,4)16-25(29)36)19-8-11-26(21(32)12-19)37-17-18-6-9-20(33)10-7-18/h6-12,27H,13-17H2,1-5H3. The number of ketones is 2. The molecular formula is C31H33ClFNO3. The van der Waals surface area contributed by atoms with Gasteiger partial charge in [0.2, 0.25) is 0 Å². The van der Waals surface area contributed by atoms with E-state index in [1.54, 1.807) is 18.2 Å². The van der Waals surface area contributed by atoms with E-state index < -0.39 is 5.92 Å². The Kier molecular flexibility index (Phi) is 6.34. The van der Waals surface area contributed by atoms with Crippen molar-refractivity contribution in [2.24, 2.45) is 10.8 Å². The number of ether oxygens (including phenoxy) is 1. The van der Waals surface area contributed by atoms with Gasteiger partial charge in [-0.2, -0.15) is 0 Å². The monoisotopic (exact) mass is 521 g/mol. The number of hydrogen-bond donors (Lipinski definition) is 0. The number of carbonyl (C=O) groups is 2. The number of rotatable bonds is 4. The number of carbonyl (C=O) groups excluding carboxylic acids is 2. The molecule has 0 spiro atoms. The summed E-state index contributed by atoms with van der Waals surface area (Å²) in [4.78, 5) is 29.4. The first-order valence-electron chi connectivity index (χ1n) is 12.8. The molecule has 2 aromatic carbocycles. The predicted octanol–water partition coefficient (Wildman–Crippen LogP) is 7.37. The second kappa shape index (κ2) is 9.13. The Balaban J connectivity index is 1.56. The molecule has 1 aliphatic heterocycles. The Bertz CT molecular complexity index is 1300. The van der Waals surface area contributed by atoms with Crippen molar-refractivity contribution < 1.29 is 18.7 Å². The Hall–Kier alpha value is -2.92. The number of allylic oxidation sites excluding steroid dienone is 4. The van der Waals surface area contributed by atoms with Crippen molar-refractivity contribution >= 4 is 23.2 Å². The molecule has 0 bridgehead atoms. The topological polar surface area (TPSA) is 46.6 Å². The van der Waals surface area contributed by atoms with Crippen molar-refractivity contribution in [1.82, 2.24) is 4.90 Å². The van der Waals surface area contributed by atoms with Gasteiger partial charge in [0.15, 0.2) is 11.6 Å². The molecule has 3 aliphatic rings. The maximum Gasteiger partial charge on any atom is 0.162 e. The second-order valence-corrected chi connectivity index (χ2v) is 12.6. The minimum atomic E-state index is -0.433. The smallest absolute Gasteiger partial charge is 0.162 e. The molecule has 0 aromatic heterocycles. The zero-order valence-corrected chi connectivity index (χ0v) is 22.8. The van der Waals surface area contributed by atoms with E-state index >= 15 is 0 Å². The normalized spacial score (nSPS) is 21.2. The molecule has 4 nitrogen and oxygen atoms in total. The lowest BCUT2D eigenvalue weighted by molar-refractivity contribution is -0.119.